The second-order valence-electron chi connectivity index (χ2n) is 4.54. The third-order valence-electron chi connectivity index (χ3n) is 3.40. The van der Waals surface area contributed by atoms with E-state index in [4.69, 9.17) is 4.74 Å². The highest BCUT2D eigenvalue weighted by Crippen LogP contribution is 2.18. The Morgan fingerprint density at radius 1 is 1.44 bits per heavy atom. The summed E-state index contributed by atoms with van der Waals surface area (Å²) in [5.41, 5.74) is 1.77. The number of benzene rings is 1. The van der Waals surface area contributed by atoms with Crippen LogP contribution < -0.4 is 10.2 Å². The van der Waals surface area contributed by atoms with Gasteiger partial charge >= 0.3 is 5.97 Å². The summed E-state index contributed by atoms with van der Waals surface area (Å²) in [5, 5.41) is 3.49. The van der Waals surface area contributed by atoms with E-state index in [0.29, 0.717) is 11.6 Å². The number of ether oxygens (including phenoxy) is 1. The smallest absolute Gasteiger partial charge is 0.337 e. The van der Waals surface area contributed by atoms with Gasteiger partial charge in [0.2, 0.25) is 0 Å². The van der Waals surface area contributed by atoms with Crippen molar-refractivity contribution in [1.82, 2.24) is 5.32 Å². The van der Waals surface area contributed by atoms with E-state index >= 15 is 0 Å². The third kappa shape index (κ3) is 2.82. The van der Waals surface area contributed by atoms with Crippen LogP contribution in [0.25, 0.3) is 0 Å². The molecule has 0 aliphatic carbocycles. The average molecular weight is 248 g/mol. The summed E-state index contributed by atoms with van der Waals surface area (Å²) in [6.45, 7) is 5.24. The van der Waals surface area contributed by atoms with Crippen molar-refractivity contribution in [2.75, 3.05) is 31.6 Å². The van der Waals surface area contributed by atoms with Gasteiger partial charge in [0.05, 0.1) is 12.7 Å². The lowest BCUT2D eigenvalue weighted by Crippen LogP contribution is -2.50. The Hall–Kier alpha value is -1.55. The molecule has 1 saturated heterocycles. The molecule has 1 heterocycles. The Labute approximate surface area is 108 Å². The maximum atomic E-state index is 11.4. The van der Waals surface area contributed by atoms with Crippen molar-refractivity contribution < 1.29 is 9.53 Å². The minimum absolute atomic E-state index is 0.284. The number of rotatable bonds is 3. The molecule has 0 saturated carbocycles. The van der Waals surface area contributed by atoms with Crippen LogP contribution in [0.15, 0.2) is 24.3 Å². The van der Waals surface area contributed by atoms with Crippen LogP contribution >= 0.6 is 0 Å². The van der Waals surface area contributed by atoms with Crippen molar-refractivity contribution >= 4 is 11.7 Å². The molecule has 4 nitrogen and oxygen atoms in total. The van der Waals surface area contributed by atoms with Gasteiger partial charge in [-0.2, -0.15) is 0 Å². The number of esters is 1. The predicted octanol–water partition coefficient (Wildman–Crippen LogP) is 1.66. The number of hydrogen-bond donors (Lipinski definition) is 1. The van der Waals surface area contributed by atoms with Gasteiger partial charge in [-0.1, -0.05) is 6.92 Å². The predicted molar refractivity (Wildman–Crippen MR) is 72.1 cm³/mol. The van der Waals surface area contributed by atoms with E-state index in [2.05, 4.69) is 17.1 Å². The summed E-state index contributed by atoms with van der Waals surface area (Å²) in [5.74, 6) is -0.284. The largest absolute Gasteiger partial charge is 0.465 e. The summed E-state index contributed by atoms with van der Waals surface area (Å²) in [4.78, 5) is 13.7. The fourth-order valence-electron chi connectivity index (χ4n) is 2.26. The molecule has 0 bridgehead atoms. The molecule has 0 radical (unpaired) electrons. The molecular formula is C14H20N2O2. The van der Waals surface area contributed by atoms with Crippen molar-refractivity contribution in [2.24, 2.45) is 0 Å². The minimum atomic E-state index is -0.284. The second kappa shape index (κ2) is 5.87. The maximum absolute atomic E-state index is 11.4. The first-order chi connectivity index (χ1) is 8.74. The summed E-state index contributed by atoms with van der Waals surface area (Å²) in [7, 11) is 1.40. The monoisotopic (exact) mass is 248 g/mol. The number of carbonyl (C=O) groups is 1. The van der Waals surface area contributed by atoms with Gasteiger partial charge in [0.25, 0.3) is 0 Å². The van der Waals surface area contributed by atoms with Crippen LogP contribution in [0, 0.1) is 0 Å². The lowest BCUT2D eigenvalue weighted by atomic mass is 10.1. The van der Waals surface area contributed by atoms with Crippen LogP contribution in [0.1, 0.15) is 23.7 Å². The second-order valence-corrected chi connectivity index (χ2v) is 4.54. The van der Waals surface area contributed by atoms with Crippen LogP contribution in [-0.4, -0.2) is 38.8 Å². The number of nitrogens with zero attached hydrogens (tertiary/aromatic N) is 1. The van der Waals surface area contributed by atoms with Crippen LogP contribution in [0.2, 0.25) is 0 Å². The molecule has 2 rings (SSSR count). The standard InChI is InChI=1S/C14H20N2O2/c1-3-12-10-16(9-8-15-12)13-6-4-11(5-7-13)14(17)18-2/h4-7,12,15H,3,8-10H2,1-2H3. The van der Waals surface area contributed by atoms with Gasteiger partial charge in [-0.25, -0.2) is 4.79 Å². The van der Waals surface area contributed by atoms with Crippen molar-refractivity contribution in [3.8, 4) is 0 Å². The van der Waals surface area contributed by atoms with Crippen LogP contribution in [-0.2, 0) is 4.74 Å². The molecule has 0 amide bonds. The van der Waals surface area contributed by atoms with Gasteiger partial charge in [-0.15, -0.1) is 0 Å². The Bertz CT molecular complexity index is 403. The van der Waals surface area contributed by atoms with E-state index in [1.807, 2.05) is 24.3 Å². The summed E-state index contributed by atoms with van der Waals surface area (Å²) >= 11 is 0. The fraction of sp³-hybridized carbons (Fsp3) is 0.500. The van der Waals surface area contributed by atoms with E-state index in [-0.39, 0.29) is 5.97 Å². The number of hydrogen-bond acceptors (Lipinski definition) is 4. The zero-order valence-electron chi connectivity index (χ0n) is 11.0. The molecule has 1 aliphatic heterocycles. The molecule has 1 atom stereocenters. The third-order valence-corrected chi connectivity index (χ3v) is 3.40. The van der Waals surface area contributed by atoms with Gasteiger partial charge in [0, 0.05) is 31.4 Å². The van der Waals surface area contributed by atoms with E-state index < -0.39 is 0 Å². The molecule has 4 heteroatoms. The quantitative estimate of drug-likeness (QED) is 0.826. The van der Waals surface area contributed by atoms with Crippen LogP contribution in [0.4, 0.5) is 5.69 Å². The molecule has 0 aromatic heterocycles. The molecule has 0 spiro atoms. The van der Waals surface area contributed by atoms with Gasteiger partial charge in [0.15, 0.2) is 0 Å². The number of methoxy groups -OCH3 is 1. The van der Waals surface area contributed by atoms with Crippen molar-refractivity contribution in [2.45, 2.75) is 19.4 Å². The average Bonchev–Trinajstić information content (AvgIpc) is 2.46. The Morgan fingerprint density at radius 3 is 2.78 bits per heavy atom. The SMILES string of the molecule is CCC1CN(c2ccc(C(=O)OC)cc2)CCN1. The van der Waals surface area contributed by atoms with Gasteiger partial charge < -0.3 is 15.0 Å². The topological polar surface area (TPSA) is 41.6 Å². The minimum Gasteiger partial charge on any atom is -0.465 e. The molecule has 1 unspecified atom stereocenters. The van der Waals surface area contributed by atoms with Crippen LogP contribution in [0.3, 0.4) is 0 Å². The van der Waals surface area contributed by atoms with Crippen molar-refractivity contribution in [3.05, 3.63) is 29.8 Å². The normalized spacial score (nSPS) is 19.7. The lowest BCUT2D eigenvalue weighted by molar-refractivity contribution is 0.0601. The zero-order valence-corrected chi connectivity index (χ0v) is 11.0. The van der Waals surface area contributed by atoms with Gasteiger partial charge in [-0.3, -0.25) is 0 Å². The number of nitrogens with one attached hydrogen (secondary N) is 1. The molecule has 1 fully saturated rings. The Morgan fingerprint density at radius 2 is 2.17 bits per heavy atom. The summed E-state index contributed by atoms with van der Waals surface area (Å²) < 4.78 is 4.69. The zero-order chi connectivity index (χ0) is 13.0. The van der Waals surface area contributed by atoms with E-state index in [1.54, 1.807) is 0 Å². The molecule has 98 valence electrons. The Kier molecular flexibility index (Phi) is 4.20. The molecule has 1 aromatic rings. The maximum Gasteiger partial charge on any atom is 0.337 e. The first-order valence-electron chi connectivity index (χ1n) is 6.41. The first-order valence-corrected chi connectivity index (χ1v) is 6.41. The Balaban J connectivity index is 2.07. The van der Waals surface area contributed by atoms with Gasteiger partial charge in [-0.05, 0) is 30.7 Å². The van der Waals surface area contributed by atoms with Crippen LogP contribution in [0.5, 0.6) is 0 Å². The molecule has 18 heavy (non-hydrogen) atoms. The molecule has 1 N–H and O–H groups in total. The molecular weight excluding hydrogens is 228 g/mol. The highest BCUT2D eigenvalue weighted by molar-refractivity contribution is 5.89. The van der Waals surface area contributed by atoms with Crippen molar-refractivity contribution in [1.29, 1.82) is 0 Å². The summed E-state index contributed by atoms with van der Waals surface area (Å²) in [6, 6.07) is 8.18. The summed E-state index contributed by atoms with van der Waals surface area (Å²) in [6.07, 6.45) is 1.14. The van der Waals surface area contributed by atoms with E-state index in [1.165, 1.54) is 12.8 Å². The fourth-order valence-corrected chi connectivity index (χ4v) is 2.26. The molecule has 1 aromatic carbocycles. The number of anilines is 1. The van der Waals surface area contributed by atoms with E-state index in [9.17, 15) is 4.79 Å². The highest BCUT2D eigenvalue weighted by atomic mass is 16.5. The number of piperazine rings is 1. The number of carbonyl (C=O) groups excluding carboxylic acids is 1. The first kappa shape index (κ1) is 12.9. The molecule has 1 aliphatic rings. The van der Waals surface area contributed by atoms with Crippen molar-refractivity contribution in [3.63, 3.8) is 0 Å². The lowest BCUT2D eigenvalue weighted by Gasteiger charge is -2.35. The van der Waals surface area contributed by atoms with Gasteiger partial charge in [0.1, 0.15) is 0 Å². The highest BCUT2D eigenvalue weighted by Gasteiger charge is 2.18. The van der Waals surface area contributed by atoms with E-state index in [0.717, 1.165) is 26.1 Å².